The van der Waals surface area contributed by atoms with Crippen molar-refractivity contribution in [1.29, 1.82) is 0 Å². The van der Waals surface area contributed by atoms with Crippen LogP contribution in [0.4, 0.5) is 0 Å². The molecule has 0 bridgehead atoms. The molecule has 0 aliphatic heterocycles. The Morgan fingerprint density at radius 2 is 1.56 bits per heavy atom. The van der Waals surface area contributed by atoms with Gasteiger partial charge in [-0.1, -0.05) is 25.5 Å². The molecule has 0 rings (SSSR count). The van der Waals surface area contributed by atoms with Crippen LogP contribution in [0.25, 0.3) is 0 Å². The Bertz CT molecular complexity index is 181. The molecule has 5 nitrogen and oxygen atoms in total. The monoisotopic (exact) mass is 279 g/mol. The van der Waals surface area contributed by atoms with Gasteiger partial charge in [0.2, 0.25) is 0 Å². The third-order valence-corrected chi connectivity index (χ3v) is 7.27. The molecule has 0 amide bonds. The van der Waals surface area contributed by atoms with Crippen molar-refractivity contribution in [3.05, 3.63) is 0 Å². The molecule has 0 saturated carbocycles. The van der Waals surface area contributed by atoms with Crippen LogP contribution in [0.5, 0.6) is 0 Å². The second kappa shape index (κ2) is 12.1. The molecular weight excluding hydrogens is 246 g/mol. The molecule has 1 atom stereocenters. The Kier molecular flexibility index (Phi) is 13.6. The fourth-order valence-electron chi connectivity index (χ4n) is 1.99. The molecule has 18 heavy (non-hydrogen) atoms. The molecule has 0 heterocycles. The van der Waals surface area contributed by atoms with Gasteiger partial charge in [-0.15, -0.1) is 0 Å². The second-order valence-electron chi connectivity index (χ2n) is 4.46. The summed E-state index contributed by atoms with van der Waals surface area (Å²) in [6.07, 6.45) is 2.27. The Morgan fingerprint density at radius 3 is 1.94 bits per heavy atom. The van der Waals surface area contributed by atoms with Gasteiger partial charge in [-0.2, -0.15) is 0 Å². The van der Waals surface area contributed by atoms with E-state index < -0.39 is 8.24 Å². The average molecular weight is 280 g/mol. The molecule has 0 aliphatic carbocycles. The first-order chi connectivity index (χ1) is 8.11. The zero-order chi connectivity index (χ0) is 13.1. The van der Waals surface area contributed by atoms with Gasteiger partial charge < -0.3 is 11.5 Å². The van der Waals surface area contributed by atoms with Gasteiger partial charge in [-0.3, -0.25) is 9.68 Å². The molecule has 0 aromatic carbocycles. The van der Waals surface area contributed by atoms with Gasteiger partial charge in [0.05, 0.1) is 19.8 Å². The fourth-order valence-corrected chi connectivity index (χ4v) is 4.81. The third-order valence-electron chi connectivity index (χ3n) is 3.01. The number of nitrogens with zero attached hydrogens (tertiary/aromatic N) is 1. The summed E-state index contributed by atoms with van der Waals surface area (Å²) in [5.74, 6) is 0. The molecule has 5 N–H and O–H groups in total. The van der Waals surface area contributed by atoms with Crippen molar-refractivity contribution in [1.82, 2.24) is 11.4 Å². The molecule has 6 heteroatoms. The molecular formula is C12H33N3O2Si. The lowest BCUT2D eigenvalue weighted by atomic mass is 10.5. The molecule has 0 aliphatic rings. The van der Waals surface area contributed by atoms with Crippen LogP contribution in [-0.4, -0.2) is 33.2 Å². The number of hydroxylamine groups is 2. The highest BCUT2D eigenvalue weighted by Gasteiger charge is 2.24. The van der Waals surface area contributed by atoms with Crippen molar-refractivity contribution < 1.29 is 9.68 Å². The van der Waals surface area contributed by atoms with E-state index in [-0.39, 0.29) is 6.15 Å². The molecule has 0 saturated heterocycles. The smallest absolute Gasteiger partial charge is 0.122 e. The molecule has 0 aromatic rings. The summed E-state index contributed by atoms with van der Waals surface area (Å²) in [5, 5.41) is 8.09. The van der Waals surface area contributed by atoms with Crippen molar-refractivity contribution in [3.63, 3.8) is 0 Å². The number of hydrogen-bond acceptors (Lipinski definition) is 5. The summed E-state index contributed by atoms with van der Waals surface area (Å²) in [4.78, 5) is 10.8. The van der Waals surface area contributed by atoms with Crippen LogP contribution in [0.15, 0.2) is 0 Å². The fraction of sp³-hybridized carbons (Fsp3) is 1.00. The summed E-state index contributed by atoms with van der Waals surface area (Å²) in [6, 6.07) is 3.56. The number of nitrogens with two attached hydrogens (primary N) is 1. The lowest BCUT2D eigenvalue weighted by molar-refractivity contribution is -0.364. The van der Waals surface area contributed by atoms with Crippen LogP contribution in [0, 0.1) is 0 Å². The Morgan fingerprint density at radius 1 is 1.00 bits per heavy atom. The highest BCUT2D eigenvalue weighted by atomic mass is 28.3. The van der Waals surface area contributed by atoms with Crippen molar-refractivity contribution in [2.75, 3.05) is 19.8 Å². The first kappa shape index (κ1) is 20.3. The SMILES string of the molecule is CCC[Si](N)(CC)CCCN(OCC)OCC.N. The zero-order valence-electron chi connectivity index (χ0n) is 12.7. The second-order valence-corrected chi connectivity index (χ2v) is 8.89. The maximum Gasteiger partial charge on any atom is 0.122 e. The van der Waals surface area contributed by atoms with Crippen LogP contribution in [-0.2, 0) is 9.68 Å². The van der Waals surface area contributed by atoms with Gasteiger partial charge >= 0.3 is 0 Å². The predicted molar refractivity (Wildman–Crippen MR) is 79.9 cm³/mol. The van der Waals surface area contributed by atoms with Crippen LogP contribution in [0.2, 0.25) is 18.1 Å². The van der Waals surface area contributed by atoms with E-state index in [4.69, 9.17) is 15.1 Å². The summed E-state index contributed by atoms with van der Waals surface area (Å²) >= 11 is 0. The summed E-state index contributed by atoms with van der Waals surface area (Å²) in [6.45, 7) is 10.5. The number of rotatable bonds is 11. The van der Waals surface area contributed by atoms with Gasteiger partial charge in [0, 0.05) is 0 Å². The van der Waals surface area contributed by atoms with E-state index in [9.17, 15) is 0 Å². The van der Waals surface area contributed by atoms with E-state index in [2.05, 4.69) is 13.8 Å². The van der Waals surface area contributed by atoms with Crippen molar-refractivity contribution in [3.8, 4) is 0 Å². The lowest BCUT2D eigenvalue weighted by Gasteiger charge is -2.26. The minimum absolute atomic E-state index is 0. The van der Waals surface area contributed by atoms with Crippen LogP contribution < -0.4 is 11.5 Å². The quantitative estimate of drug-likeness (QED) is 0.448. The van der Waals surface area contributed by atoms with E-state index in [0.29, 0.717) is 13.2 Å². The largest absolute Gasteiger partial charge is 0.351 e. The highest BCUT2D eigenvalue weighted by Crippen LogP contribution is 2.18. The lowest BCUT2D eigenvalue weighted by Crippen LogP contribution is -2.45. The third kappa shape index (κ3) is 9.01. The molecule has 0 fully saturated rings. The molecule has 0 radical (unpaired) electrons. The van der Waals surface area contributed by atoms with Gasteiger partial charge in [0.15, 0.2) is 0 Å². The van der Waals surface area contributed by atoms with Crippen molar-refractivity contribution in [2.24, 2.45) is 5.40 Å². The van der Waals surface area contributed by atoms with Crippen LogP contribution in [0.3, 0.4) is 0 Å². The van der Waals surface area contributed by atoms with Crippen molar-refractivity contribution in [2.45, 2.75) is 58.7 Å². The van der Waals surface area contributed by atoms with E-state index in [1.54, 1.807) is 5.23 Å². The maximum atomic E-state index is 6.48. The van der Waals surface area contributed by atoms with E-state index in [1.165, 1.54) is 18.5 Å². The van der Waals surface area contributed by atoms with Crippen LogP contribution >= 0.6 is 0 Å². The minimum atomic E-state index is -1.47. The molecule has 0 aromatic heterocycles. The summed E-state index contributed by atoms with van der Waals surface area (Å²) in [7, 11) is -1.47. The first-order valence-corrected chi connectivity index (χ1v) is 9.64. The Labute approximate surface area is 114 Å². The Balaban J connectivity index is 0. The molecule has 1 unspecified atom stereocenters. The van der Waals surface area contributed by atoms with Crippen molar-refractivity contribution >= 4 is 8.24 Å². The minimum Gasteiger partial charge on any atom is -0.351 e. The zero-order valence-corrected chi connectivity index (χ0v) is 13.7. The van der Waals surface area contributed by atoms with E-state index >= 15 is 0 Å². The maximum absolute atomic E-state index is 6.48. The van der Waals surface area contributed by atoms with Gasteiger partial charge in [0.25, 0.3) is 0 Å². The summed E-state index contributed by atoms with van der Waals surface area (Å²) < 4.78 is 0. The van der Waals surface area contributed by atoms with Gasteiger partial charge in [-0.05, 0) is 38.4 Å². The molecule has 112 valence electrons. The van der Waals surface area contributed by atoms with E-state index in [0.717, 1.165) is 19.0 Å². The van der Waals surface area contributed by atoms with Gasteiger partial charge in [-0.25, -0.2) is 0 Å². The normalized spacial score (nSPS) is 14.3. The van der Waals surface area contributed by atoms with Crippen LogP contribution in [0.1, 0.15) is 40.5 Å². The summed E-state index contributed by atoms with van der Waals surface area (Å²) in [5.41, 5.74) is 0. The topological polar surface area (TPSA) is 82.7 Å². The standard InChI is InChI=1S/C12H30N2O2Si.H3N/c1-5-11-17(13,8-4)12-9-10-14(15-6-2)16-7-3;/h5-13H2,1-4H3;1H3. The Hall–Kier alpha value is 0.0169. The van der Waals surface area contributed by atoms with Gasteiger partial charge in [0.1, 0.15) is 8.24 Å². The highest BCUT2D eigenvalue weighted by molar-refractivity contribution is 6.76. The predicted octanol–water partition coefficient (Wildman–Crippen LogP) is 3.08. The molecule has 0 spiro atoms. The number of hydrogen-bond donors (Lipinski definition) is 2. The van der Waals surface area contributed by atoms with E-state index in [1.807, 2.05) is 13.8 Å². The first-order valence-electron chi connectivity index (χ1n) is 6.94. The average Bonchev–Trinajstić information content (AvgIpc) is 2.30.